The van der Waals surface area contributed by atoms with Crippen LogP contribution in [-0.2, 0) is 9.59 Å². The first-order valence-corrected chi connectivity index (χ1v) is 6.04. The van der Waals surface area contributed by atoms with Gasteiger partial charge in [0.05, 0.1) is 0 Å². The number of carboxylic acid groups (broad SMARTS) is 1. The molecule has 106 valence electrons. The molecule has 0 aliphatic rings. The molecule has 0 fully saturated rings. The number of rotatable bonds is 4. The van der Waals surface area contributed by atoms with E-state index < -0.39 is 17.9 Å². The van der Waals surface area contributed by atoms with E-state index in [-0.39, 0.29) is 0 Å². The number of hydrogen-bond acceptors (Lipinski definition) is 3. The van der Waals surface area contributed by atoms with Gasteiger partial charge in [-0.25, -0.2) is 9.59 Å². The highest BCUT2D eigenvalue weighted by atomic mass is 16.4. The number of imide groups is 1. The van der Waals surface area contributed by atoms with Crippen LogP contribution in [0.15, 0.2) is 36.4 Å². The molecular weight excluding hydrogens is 260 g/mol. The monoisotopic (exact) mass is 276 g/mol. The lowest BCUT2D eigenvalue weighted by atomic mass is 10.2. The molecule has 1 aromatic carbocycles. The topological polar surface area (TPSA) is 86.7 Å². The van der Waals surface area contributed by atoms with Gasteiger partial charge in [-0.15, -0.1) is 0 Å². The number of benzene rings is 1. The van der Waals surface area contributed by atoms with Crippen molar-refractivity contribution >= 4 is 23.6 Å². The Balaban J connectivity index is 2.78. The number of carbonyl (C=O) groups excluding carboxylic acids is 2. The molecule has 6 nitrogen and oxygen atoms in total. The van der Waals surface area contributed by atoms with Crippen molar-refractivity contribution < 1.29 is 19.5 Å². The average Bonchev–Trinajstić information content (AvgIpc) is 2.37. The minimum absolute atomic E-state index is 0.380. The van der Waals surface area contributed by atoms with Gasteiger partial charge in [0.1, 0.15) is 0 Å². The first-order valence-electron chi connectivity index (χ1n) is 6.04. The minimum atomic E-state index is -1.25. The number of carboxylic acids is 1. The van der Waals surface area contributed by atoms with Gasteiger partial charge in [-0.05, 0) is 31.5 Å². The first-order chi connectivity index (χ1) is 9.43. The van der Waals surface area contributed by atoms with Crippen molar-refractivity contribution in [3.8, 4) is 0 Å². The molecule has 0 saturated heterocycles. The molecule has 0 heterocycles. The second-order valence-corrected chi connectivity index (χ2v) is 4.05. The zero-order valence-corrected chi connectivity index (χ0v) is 11.3. The lowest BCUT2D eigenvalue weighted by Crippen LogP contribution is -2.42. The summed E-state index contributed by atoms with van der Waals surface area (Å²) in [4.78, 5) is 35.0. The fraction of sp³-hybridized carbons (Fsp3) is 0.214. The van der Waals surface area contributed by atoms with E-state index in [1.165, 1.54) is 4.90 Å². The molecule has 0 saturated carbocycles. The quantitative estimate of drug-likeness (QED) is 0.819. The normalized spacial score (nSPS) is 10.3. The van der Waals surface area contributed by atoms with Crippen LogP contribution in [0.3, 0.4) is 0 Å². The number of nitrogens with zero attached hydrogens (tertiary/aromatic N) is 1. The summed E-state index contributed by atoms with van der Waals surface area (Å²) in [6, 6.07) is 6.69. The van der Waals surface area contributed by atoms with Gasteiger partial charge in [0.15, 0.2) is 0 Å². The van der Waals surface area contributed by atoms with E-state index in [1.54, 1.807) is 13.0 Å². The molecule has 0 aliphatic heterocycles. The smallest absolute Gasteiger partial charge is 0.328 e. The fourth-order valence-electron chi connectivity index (χ4n) is 1.60. The summed E-state index contributed by atoms with van der Waals surface area (Å²) in [7, 11) is 0. The van der Waals surface area contributed by atoms with E-state index in [2.05, 4.69) is 5.32 Å². The molecule has 0 aliphatic carbocycles. The van der Waals surface area contributed by atoms with Crippen LogP contribution >= 0.6 is 0 Å². The van der Waals surface area contributed by atoms with Crippen LogP contribution in [-0.4, -0.2) is 29.6 Å². The van der Waals surface area contributed by atoms with E-state index in [0.29, 0.717) is 18.3 Å². The third-order valence-electron chi connectivity index (χ3n) is 2.48. The molecule has 0 atom stereocenters. The molecule has 0 unspecified atom stereocenters. The minimum Gasteiger partial charge on any atom is -0.478 e. The molecule has 1 aromatic rings. The average molecular weight is 276 g/mol. The van der Waals surface area contributed by atoms with Gasteiger partial charge in [0.25, 0.3) is 5.91 Å². The second kappa shape index (κ2) is 7.08. The van der Waals surface area contributed by atoms with Crippen molar-refractivity contribution in [2.24, 2.45) is 0 Å². The Morgan fingerprint density at radius 2 is 2.00 bits per heavy atom. The lowest BCUT2D eigenvalue weighted by Gasteiger charge is -2.21. The highest BCUT2D eigenvalue weighted by molar-refractivity contribution is 6.07. The largest absolute Gasteiger partial charge is 0.478 e. The van der Waals surface area contributed by atoms with Crippen molar-refractivity contribution in [2.75, 3.05) is 11.4 Å². The molecule has 3 amide bonds. The van der Waals surface area contributed by atoms with Crippen molar-refractivity contribution in [1.82, 2.24) is 5.32 Å². The number of nitrogens with one attached hydrogen (secondary N) is 1. The van der Waals surface area contributed by atoms with Gasteiger partial charge in [0.2, 0.25) is 0 Å². The van der Waals surface area contributed by atoms with Crippen LogP contribution in [0.25, 0.3) is 0 Å². The van der Waals surface area contributed by atoms with E-state index in [0.717, 1.165) is 11.6 Å². The van der Waals surface area contributed by atoms with Crippen LogP contribution in [0.1, 0.15) is 12.5 Å². The second-order valence-electron chi connectivity index (χ2n) is 4.05. The Labute approximate surface area is 116 Å². The van der Waals surface area contributed by atoms with E-state index >= 15 is 0 Å². The van der Waals surface area contributed by atoms with Gasteiger partial charge in [-0.1, -0.05) is 12.1 Å². The van der Waals surface area contributed by atoms with Crippen LogP contribution < -0.4 is 10.2 Å². The molecule has 0 spiro atoms. The lowest BCUT2D eigenvalue weighted by molar-refractivity contribution is -0.131. The maximum Gasteiger partial charge on any atom is 0.328 e. The number of urea groups is 1. The summed E-state index contributed by atoms with van der Waals surface area (Å²) in [6.07, 6.45) is 1.47. The molecule has 0 radical (unpaired) electrons. The number of hydrogen-bond donors (Lipinski definition) is 2. The van der Waals surface area contributed by atoms with Crippen molar-refractivity contribution in [1.29, 1.82) is 0 Å². The Kier molecular flexibility index (Phi) is 5.46. The molecule has 0 bridgehead atoms. The Bertz CT molecular complexity index is 552. The number of carbonyl (C=O) groups is 3. The highest BCUT2D eigenvalue weighted by Gasteiger charge is 2.15. The maximum atomic E-state index is 12.0. The van der Waals surface area contributed by atoms with Gasteiger partial charge in [0, 0.05) is 24.4 Å². The zero-order chi connectivity index (χ0) is 15.1. The Morgan fingerprint density at radius 1 is 1.30 bits per heavy atom. The van der Waals surface area contributed by atoms with Gasteiger partial charge in [-0.3, -0.25) is 15.0 Å². The van der Waals surface area contributed by atoms with Crippen LogP contribution in [0.5, 0.6) is 0 Å². The number of aliphatic carboxylic acids is 1. The third-order valence-corrected chi connectivity index (χ3v) is 2.48. The van der Waals surface area contributed by atoms with Crippen molar-refractivity contribution in [2.45, 2.75) is 13.8 Å². The number of anilines is 1. The van der Waals surface area contributed by atoms with Crippen molar-refractivity contribution in [3.05, 3.63) is 42.0 Å². The fourth-order valence-corrected chi connectivity index (χ4v) is 1.60. The SMILES string of the molecule is CCN(C(=O)NC(=O)/C=C/C(=O)O)c1cccc(C)c1. The molecule has 2 N–H and O–H groups in total. The van der Waals surface area contributed by atoms with Crippen LogP contribution in [0, 0.1) is 6.92 Å². The predicted molar refractivity (Wildman–Crippen MR) is 74.5 cm³/mol. The summed E-state index contributed by atoms with van der Waals surface area (Å²) in [5.74, 6) is -2.03. The maximum absolute atomic E-state index is 12.0. The van der Waals surface area contributed by atoms with E-state index in [1.807, 2.05) is 25.1 Å². The summed E-state index contributed by atoms with van der Waals surface area (Å²) in [6.45, 7) is 4.06. The summed E-state index contributed by atoms with van der Waals surface area (Å²) >= 11 is 0. The molecule has 0 aromatic heterocycles. The predicted octanol–water partition coefficient (Wildman–Crippen LogP) is 1.70. The first kappa shape index (κ1) is 15.4. The van der Waals surface area contributed by atoms with Crippen LogP contribution in [0.4, 0.5) is 10.5 Å². The summed E-state index contributed by atoms with van der Waals surface area (Å²) in [5, 5.41) is 10.5. The number of aryl methyl sites for hydroxylation is 1. The van der Waals surface area contributed by atoms with Gasteiger partial charge in [-0.2, -0.15) is 0 Å². The molecular formula is C14H16N2O4. The summed E-state index contributed by atoms with van der Waals surface area (Å²) in [5.41, 5.74) is 1.66. The zero-order valence-electron chi connectivity index (χ0n) is 11.3. The number of amides is 3. The van der Waals surface area contributed by atoms with Gasteiger partial charge >= 0.3 is 12.0 Å². The Hall–Kier alpha value is -2.63. The van der Waals surface area contributed by atoms with Gasteiger partial charge < -0.3 is 5.11 Å². The molecule has 20 heavy (non-hydrogen) atoms. The standard InChI is InChI=1S/C14H16N2O4/c1-3-16(11-6-4-5-10(2)9-11)14(20)15-12(17)7-8-13(18)19/h4-9H,3H2,1-2H3,(H,18,19)(H,15,17,20)/b8-7+. The third kappa shape index (κ3) is 4.56. The molecule has 6 heteroatoms. The van der Waals surface area contributed by atoms with Crippen LogP contribution in [0.2, 0.25) is 0 Å². The Morgan fingerprint density at radius 3 is 2.55 bits per heavy atom. The highest BCUT2D eigenvalue weighted by Crippen LogP contribution is 2.15. The van der Waals surface area contributed by atoms with Crippen molar-refractivity contribution in [3.63, 3.8) is 0 Å². The van der Waals surface area contributed by atoms with E-state index in [9.17, 15) is 14.4 Å². The summed E-state index contributed by atoms with van der Waals surface area (Å²) < 4.78 is 0. The molecule has 1 rings (SSSR count). The van der Waals surface area contributed by atoms with E-state index in [4.69, 9.17) is 5.11 Å².